The number of hydrogen-bond donors (Lipinski definition) is 1. The molecule has 2 rings (SSSR count). The summed E-state index contributed by atoms with van der Waals surface area (Å²) >= 11 is 4.88. The van der Waals surface area contributed by atoms with E-state index in [9.17, 15) is 4.39 Å². The highest BCUT2D eigenvalue weighted by molar-refractivity contribution is 9.10. The number of methoxy groups -OCH3 is 2. The number of nitrogens with one attached hydrogen (secondary N) is 1. The van der Waals surface area contributed by atoms with Gasteiger partial charge in [0.25, 0.3) is 0 Å². The molecule has 7 heteroatoms. The number of nitriles is 1. The van der Waals surface area contributed by atoms with Crippen molar-refractivity contribution >= 4 is 27.7 Å². The minimum atomic E-state index is -0.666. The van der Waals surface area contributed by atoms with Crippen molar-refractivity contribution in [1.82, 2.24) is 5.32 Å². The topological polar surface area (TPSA) is 54.3 Å². The maximum atomic E-state index is 14.6. The summed E-state index contributed by atoms with van der Waals surface area (Å²) in [5.41, 5.74) is 0.820. The number of hydrogen-bond acceptors (Lipinski definition) is 5. The van der Waals surface area contributed by atoms with E-state index in [1.807, 2.05) is 25.1 Å². The van der Waals surface area contributed by atoms with Crippen LogP contribution in [-0.4, -0.2) is 25.7 Å². The summed E-state index contributed by atoms with van der Waals surface area (Å²) in [5, 5.41) is 12.3. The minimum Gasteiger partial charge on any atom is -0.497 e. The summed E-state index contributed by atoms with van der Waals surface area (Å²) in [6.07, 6.45) is 0. The third-order valence-electron chi connectivity index (χ3n) is 4.24. The van der Waals surface area contributed by atoms with Crippen LogP contribution < -0.4 is 14.8 Å². The van der Waals surface area contributed by atoms with Gasteiger partial charge in [-0.15, -0.1) is 11.8 Å². The molecule has 0 heterocycles. The molecular formula is C20H22BrFN2O2S. The second kappa shape index (κ2) is 9.98. The molecule has 0 aliphatic carbocycles. The van der Waals surface area contributed by atoms with Crippen LogP contribution in [0.3, 0.4) is 0 Å². The molecule has 0 amide bonds. The standard InChI is InChI=1S/C20H22BrFN2O2S/c1-20(13-27-9-8-23,17-10-15(21)5-7-18(17)22)24-12-14-4-6-16(25-2)11-19(14)26-3/h4-7,10-11,24H,9,12-13H2,1-3H3/t20-/m0/s1. The normalized spacial score (nSPS) is 12.9. The first-order chi connectivity index (χ1) is 12.9. The molecule has 0 aliphatic heterocycles. The average Bonchev–Trinajstić information content (AvgIpc) is 2.68. The van der Waals surface area contributed by atoms with Gasteiger partial charge in [0.05, 0.1) is 31.6 Å². The van der Waals surface area contributed by atoms with Gasteiger partial charge < -0.3 is 14.8 Å². The number of ether oxygens (including phenoxy) is 2. The highest BCUT2D eigenvalue weighted by Crippen LogP contribution is 2.32. The third-order valence-corrected chi connectivity index (χ3v) is 5.85. The van der Waals surface area contributed by atoms with E-state index >= 15 is 0 Å². The first-order valence-electron chi connectivity index (χ1n) is 8.29. The van der Waals surface area contributed by atoms with Crippen LogP contribution in [0.25, 0.3) is 0 Å². The Kier molecular flexibility index (Phi) is 7.96. The van der Waals surface area contributed by atoms with Crippen molar-refractivity contribution in [2.24, 2.45) is 0 Å². The Morgan fingerprint density at radius 1 is 1.22 bits per heavy atom. The zero-order chi connectivity index (χ0) is 19.9. The van der Waals surface area contributed by atoms with Crippen LogP contribution in [0.15, 0.2) is 40.9 Å². The Balaban J connectivity index is 2.30. The van der Waals surface area contributed by atoms with Gasteiger partial charge in [-0.1, -0.05) is 22.0 Å². The Hall–Kier alpha value is -1.75. The lowest BCUT2D eigenvalue weighted by Gasteiger charge is -2.32. The van der Waals surface area contributed by atoms with Crippen molar-refractivity contribution in [2.75, 3.05) is 25.7 Å². The van der Waals surface area contributed by atoms with Crippen LogP contribution in [-0.2, 0) is 12.1 Å². The van der Waals surface area contributed by atoms with Crippen molar-refractivity contribution in [1.29, 1.82) is 5.26 Å². The SMILES string of the molecule is COc1ccc(CN[C@@](C)(CSCC#N)c2cc(Br)ccc2F)c(OC)c1. The van der Waals surface area contributed by atoms with Crippen molar-refractivity contribution in [3.05, 3.63) is 57.8 Å². The Morgan fingerprint density at radius 3 is 2.67 bits per heavy atom. The lowest BCUT2D eigenvalue weighted by molar-refractivity contribution is 0.371. The molecule has 0 saturated carbocycles. The van der Waals surface area contributed by atoms with E-state index in [0.717, 1.165) is 10.0 Å². The molecule has 2 aromatic carbocycles. The summed E-state index contributed by atoms with van der Waals surface area (Å²) in [5.74, 6) is 2.02. The van der Waals surface area contributed by atoms with Crippen LogP contribution in [0.2, 0.25) is 0 Å². The van der Waals surface area contributed by atoms with Crippen molar-refractivity contribution in [3.63, 3.8) is 0 Å². The summed E-state index contributed by atoms with van der Waals surface area (Å²) in [6.45, 7) is 2.42. The number of benzene rings is 2. The van der Waals surface area contributed by atoms with Crippen molar-refractivity contribution in [2.45, 2.75) is 19.0 Å². The molecular weight excluding hydrogens is 431 g/mol. The zero-order valence-corrected chi connectivity index (χ0v) is 17.9. The monoisotopic (exact) mass is 452 g/mol. The second-order valence-corrected chi connectivity index (χ2v) is 8.04. The molecule has 0 aliphatic rings. The van der Waals surface area contributed by atoms with Gasteiger partial charge in [-0.05, 0) is 31.2 Å². The fourth-order valence-electron chi connectivity index (χ4n) is 2.73. The maximum Gasteiger partial charge on any atom is 0.128 e. The Labute approximate surface area is 172 Å². The predicted octanol–water partition coefficient (Wildman–Crippen LogP) is 4.87. The van der Waals surface area contributed by atoms with E-state index in [2.05, 4.69) is 27.3 Å². The van der Waals surface area contributed by atoms with E-state index in [4.69, 9.17) is 14.7 Å². The third kappa shape index (κ3) is 5.61. The highest BCUT2D eigenvalue weighted by Gasteiger charge is 2.29. The molecule has 0 fully saturated rings. The molecule has 1 N–H and O–H groups in total. The first kappa shape index (κ1) is 21.5. The van der Waals surface area contributed by atoms with Gasteiger partial charge in [0.2, 0.25) is 0 Å². The van der Waals surface area contributed by atoms with E-state index in [1.54, 1.807) is 26.4 Å². The van der Waals surface area contributed by atoms with E-state index in [1.165, 1.54) is 17.8 Å². The first-order valence-corrected chi connectivity index (χ1v) is 10.2. The fraction of sp³-hybridized carbons (Fsp3) is 0.350. The van der Waals surface area contributed by atoms with Gasteiger partial charge in [-0.2, -0.15) is 5.26 Å². The molecule has 0 unspecified atom stereocenters. The van der Waals surface area contributed by atoms with Gasteiger partial charge in [0.15, 0.2) is 0 Å². The number of halogens is 2. The van der Waals surface area contributed by atoms with Gasteiger partial charge in [-0.25, -0.2) is 4.39 Å². The van der Waals surface area contributed by atoms with Crippen LogP contribution in [0.5, 0.6) is 11.5 Å². The van der Waals surface area contributed by atoms with Crippen molar-refractivity contribution in [3.8, 4) is 17.6 Å². The van der Waals surface area contributed by atoms with Gasteiger partial charge in [0, 0.05) is 34.0 Å². The number of rotatable bonds is 9. The molecule has 0 aromatic heterocycles. The molecule has 2 aromatic rings. The second-order valence-electron chi connectivity index (χ2n) is 6.14. The zero-order valence-electron chi connectivity index (χ0n) is 15.5. The number of thioether (sulfide) groups is 1. The van der Waals surface area contributed by atoms with E-state index < -0.39 is 5.54 Å². The van der Waals surface area contributed by atoms with Gasteiger partial charge in [-0.3, -0.25) is 0 Å². The van der Waals surface area contributed by atoms with E-state index in [0.29, 0.717) is 35.1 Å². The predicted molar refractivity (Wildman–Crippen MR) is 111 cm³/mol. The number of nitrogens with zero attached hydrogens (tertiary/aromatic N) is 1. The fourth-order valence-corrected chi connectivity index (χ4v) is 3.95. The quantitative estimate of drug-likeness (QED) is 0.550. The van der Waals surface area contributed by atoms with Crippen LogP contribution in [0.4, 0.5) is 4.39 Å². The lowest BCUT2D eigenvalue weighted by atomic mass is 9.93. The summed E-state index contributed by atoms with van der Waals surface area (Å²) in [4.78, 5) is 0. The Morgan fingerprint density at radius 2 is 2.00 bits per heavy atom. The summed E-state index contributed by atoms with van der Waals surface area (Å²) < 4.78 is 26.1. The van der Waals surface area contributed by atoms with Crippen LogP contribution in [0.1, 0.15) is 18.1 Å². The van der Waals surface area contributed by atoms with Crippen molar-refractivity contribution < 1.29 is 13.9 Å². The van der Waals surface area contributed by atoms with Gasteiger partial charge in [0.1, 0.15) is 17.3 Å². The van der Waals surface area contributed by atoms with Crippen LogP contribution >= 0.6 is 27.7 Å². The van der Waals surface area contributed by atoms with E-state index in [-0.39, 0.29) is 5.82 Å². The smallest absolute Gasteiger partial charge is 0.128 e. The molecule has 27 heavy (non-hydrogen) atoms. The molecule has 0 saturated heterocycles. The maximum absolute atomic E-state index is 14.6. The minimum absolute atomic E-state index is 0.285. The molecule has 144 valence electrons. The largest absolute Gasteiger partial charge is 0.497 e. The molecule has 0 bridgehead atoms. The van der Waals surface area contributed by atoms with Crippen LogP contribution in [0, 0.1) is 17.1 Å². The molecule has 1 atom stereocenters. The molecule has 0 radical (unpaired) electrons. The molecule has 4 nitrogen and oxygen atoms in total. The molecule has 0 spiro atoms. The van der Waals surface area contributed by atoms with Gasteiger partial charge >= 0.3 is 0 Å². The average molecular weight is 453 g/mol. The summed E-state index contributed by atoms with van der Waals surface area (Å²) in [7, 11) is 3.21. The lowest BCUT2D eigenvalue weighted by Crippen LogP contribution is -2.42. The summed E-state index contributed by atoms with van der Waals surface area (Å²) in [6, 6.07) is 12.6. The Bertz CT molecular complexity index is 828. The highest BCUT2D eigenvalue weighted by atomic mass is 79.9.